The second-order valence-electron chi connectivity index (χ2n) is 9.64. The number of amides is 2. The maximum atomic E-state index is 13.0. The Labute approximate surface area is 248 Å². The van der Waals surface area contributed by atoms with E-state index in [1.54, 1.807) is 12.1 Å². The number of carbonyl (C=O) groups is 4. The molecule has 228 valence electrons. The number of rotatable bonds is 13. The lowest BCUT2D eigenvalue weighted by Crippen LogP contribution is -2.52. The van der Waals surface area contributed by atoms with Gasteiger partial charge in [-0.1, -0.05) is 12.1 Å². The lowest BCUT2D eigenvalue weighted by atomic mass is 10.0. The Morgan fingerprint density at radius 1 is 0.932 bits per heavy atom. The van der Waals surface area contributed by atoms with E-state index in [0.717, 1.165) is 0 Å². The van der Waals surface area contributed by atoms with E-state index in [1.165, 1.54) is 42.6 Å². The highest BCUT2D eigenvalue weighted by atomic mass is 16.4. The molecule has 0 radical (unpaired) electrons. The molecule has 0 aliphatic heterocycles. The molecule has 0 saturated carbocycles. The predicted octanol–water partition coefficient (Wildman–Crippen LogP) is 0.388. The van der Waals surface area contributed by atoms with E-state index in [9.17, 15) is 34.2 Å². The van der Waals surface area contributed by atoms with Gasteiger partial charge < -0.3 is 37.0 Å². The third kappa shape index (κ3) is 8.25. The van der Waals surface area contributed by atoms with E-state index in [-0.39, 0.29) is 47.8 Å². The molecule has 16 nitrogen and oxygen atoms in total. The smallest absolute Gasteiger partial charge is 0.326 e. The highest BCUT2D eigenvalue weighted by Crippen LogP contribution is 2.14. The monoisotopic (exact) mass is 604 g/mol. The van der Waals surface area contributed by atoms with Crippen molar-refractivity contribution in [3.8, 4) is 5.75 Å². The van der Waals surface area contributed by atoms with E-state index in [2.05, 4.69) is 35.9 Å². The van der Waals surface area contributed by atoms with Gasteiger partial charge >= 0.3 is 11.9 Å². The number of aromatic nitrogens is 4. The van der Waals surface area contributed by atoms with E-state index in [4.69, 9.17) is 10.8 Å². The largest absolute Gasteiger partial charge is 0.508 e. The van der Waals surface area contributed by atoms with Crippen LogP contribution in [0.2, 0.25) is 0 Å². The Hall–Kier alpha value is -6.06. The van der Waals surface area contributed by atoms with E-state index < -0.39 is 47.8 Å². The number of hydrogen-bond donors (Lipinski definition) is 8. The molecule has 4 aromatic rings. The summed E-state index contributed by atoms with van der Waals surface area (Å²) in [6.07, 6.45) is 0.590. The topological polar surface area (TPSA) is 263 Å². The molecule has 0 fully saturated rings. The van der Waals surface area contributed by atoms with E-state index in [1.807, 2.05) is 0 Å². The lowest BCUT2D eigenvalue weighted by Gasteiger charge is -2.21. The number of nitrogens with zero attached hydrogens (tertiary/aromatic N) is 3. The number of carboxylic acid groups (broad SMARTS) is 2. The number of H-pyrrole nitrogens is 1. The van der Waals surface area contributed by atoms with Crippen molar-refractivity contribution in [1.82, 2.24) is 30.6 Å². The zero-order chi connectivity index (χ0) is 31.8. The molecule has 0 saturated heterocycles. The number of fused-ring (bicyclic) bond motifs is 1. The normalized spacial score (nSPS) is 12.2. The van der Waals surface area contributed by atoms with Crippen LogP contribution in [0.1, 0.15) is 34.5 Å². The Bertz CT molecular complexity index is 1740. The number of phenols is 1. The summed E-state index contributed by atoms with van der Waals surface area (Å²) in [6, 6.07) is 9.16. The van der Waals surface area contributed by atoms with Gasteiger partial charge in [0.1, 0.15) is 17.8 Å². The van der Waals surface area contributed by atoms with Crippen LogP contribution in [-0.2, 0) is 27.3 Å². The molecule has 4 rings (SSSR count). The summed E-state index contributed by atoms with van der Waals surface area (Å²) in [6.45, 7) is 0.185. The van der Waals surface area contributed by atoms with Crippen molar-refractivity contribution < 1.29 is 34.5 Å². The van der Waals surface area contributed by atoms with Gasteiger partial charge in [0.15, 0.2) is 11.2 Å². The van der Waals surface area contributed by atoms with Crippen molar-refractivity contribution in [1.29, 1.82) is 0 Å². The van der Waals surface area contributed by atoms with Gasteiger partial charge in [0.25, 0.3) is 11.5 Å². The van der Waals surface area contributed by atoms with Crippen LogP contribution in [0.5, 0.6) is 5.75 Å². The first-order valence-corrected chi connectivity index (χ1v) is 13.2. The van der Waals surface area contributed by atoms with Gasteiger partial charge in [-0.15, -0.1) is 0 Å². The Kier molecular flexibility index (Phi) is 9.64. The summed E-state index contributed by atoms with van der Waals surface area (Å²) in [5.74, 6) is -4.16. The number of aliphatic carboxylic acids is 2. The summed E-state index contributed by atoms with van der Waals surface area (Å²) in [4.78, 5) is 75.6. The fraction of sp³-hybridized carbons (Fsp3) is 0.214. The molecule has 0 unspecified atom stereocenters. The maximum Gasteiger partial charge on any atom is 0.326 e. The highest BCUT2D eigenvalue weighted by molar-refractivity contribution is 5.98. The number of hydrogen-bond acceptors (Lipinski definition) is 11. The molecule has 0 bridgehead atoms. The van der Waals surface area contributed by atoms with Crippen molar-refractivity contribution in [2.45, 2.75) is 37.9 Å². The number of aromatic hydroxyl groups is 1. The third-order valence-electron chi connectivity index (χ3n) is 6.37. The minimum atomic E-state index is -1.37. The van der Waals surface area contributed by atoms with Crippen molar-refractivity contribution in [2.75, 3.05) is 11.1 Å². The minimum absolute atomic E-state index is 0.00831. The number of anilines is 2. The molecule has 2 aromatic carbocycles. The molecule has 16 heteroatoms. The van der Waals surface area contributed by atoms with Crippen LogP contribution in [0.4, 0.5) is 11.6 Å². The molecular weight excluding hydrogens is 576 g/mol. The van der Waals surface area contributed by atoms with E-state index in [0.29, 0.717) is 16.9 Å². The average molecular weight is 605 g/mol. The number of phenolic OH excluding ortho intramolecular Hbond substituents is 1. The average Bonchev–Trinajstić information content (AvgIpc) is 2.99. The Morgan fingerprint density at radius 2 is 1.64 bits per heavy atom. The summed E-state index contributed by atoms with van der Waals surface area (Å²) >= 11 is 0. The zero-order valence-electron chi connectivity index (χ0n) is 23.0. The zero-order valence-corrected chi connectivity index (χ0v) is 23.0. The third-order valence-corrected chi connectivity index (χ3v) is 6.37. The minimum Gasteiger partial charge on any atom is -0.508 e. The van der Waals surface area contributed by atoms with Crippen molar-refractivity contribution in [2.24, 2.45) is 0 Å². The van der Waals surface area contributed by atoms with Crippen LogP contribution >= 0.6 is 0 Å². The summed E-state index contributed by atoms with van der Waals surface area (Å²) < 4.78 is 0. The first-order chi connectivity index (χ1) is 21.0. The molecular formula is C28H28N8O8. The van der Waals surface area contributed by atoms with Crippen LogP contribution in [0, 0.1) is 0 Å². The van der Waals surface area contributed by atoms with Gasteiger partial charge in [-0.3, -0.25) is 24.2 Å². The molecule has 0 aliphatic rings. The van der Waals surface area contributed by atoms with Crippen molar-refractivity contribution in [3.05, 3.63) is 81.9 Å². The van der Waals surface area contributed by atoms with Crippen molar-refractivity contribution >= 4 is 46.6 Å². The summed E-state index contributed by atoms with van der Waals surface area (Å²) in [5.41, 5.74) is 6.84. The second kappa shape index (κ2) is 13.7. The molecule has 0 spiro atoms. The number of carboxylic acids is 2. The van der Waals surface area contributed by atoms with Gasteiger partial charge in [-0.2, -0.15) is 4.98 Å². The van der Waals surface area contributed by atoms with Gasteiger partial charge in [-0.05, 0) is 48.4 Å². The number of nitrogen functional groups attached to an aromatic ring is 1. The SMILES string of the molecule is Nc1nc2ncc(CNc3ccc(C(=O)N[C@@H](CCC(=O)O)C(=O)N[C@@H](Cc4ccc(O)cc4)C(=O)O)cc3)nc2c(=O)[nH]1. The molecule has 2 aromatic heterocycles. The first-order valence-electron chi connectivity index (χ1n) is 13.2. The number of nitrogens with one attached hydrogen (secondary N) is 4. The molecule has 44 heavy (non-hydrogen) atoms. The highest BCUT2D eigenvalue weighted by Gasteiger charge is 2.27. The Balaban J connectivity index is 1.39. The van der Waals surface area contributed by atoms with Crippen LogP contribution in [-0.4, -0.2) is 71.1 Å². The van der Waals surface area contributed by atoms with Gasteiger partial charge in [0.2, 0.25) is 11.9 Å². The van der Waals surface area contributed by atoms with Crippen LogP contribution in [0.25, 0.3) is 11.2 Å². The van der Waals surface area contributed by atoms with Gasteiger partial charge in [0.05, 0.1) is 18.4 Å². The van der Waals surface area contributed by atoms with Crippen LogP contribution in [0.15, 0.2) is 59.5 Å². The number of carbonyl (C=O) groups excluding carboxylic acids is 2. The molecule has 0 aliphatic carbocycles. The van der Waals surface area contributed by atoms with E-state index >= 15 is 0 Å². The van der Waals surface area contributed by atoms with Gasteiger partial charge in [0, 0.05) is 24.1 Å². The molecule has 2 atom stereocenters. The number of nitrogens with two attached hydrogens (primary N) is 1. The summed E-state index contributed by atoms with van der Waals surface area (Å²) in [5, 5.41) is 36.1. The fourth-order valence-electron chi connectivity index (χ4n) is 4.11. The Morgan fingerprint density at radius 3 is 2.30 bits per heavy atom. The fourth-order valence-corrected chi connectivity index (χ4v) is 4.11. The standard InChI is InChI=1S/C28H28N8O8/c29-28-35-23-22(26(42)36-28)32-17(13-31-23)12-30-16-5-3-15(4-6-16)24(40)33-19(9-10-21(38)39)25(41)34-20(27(43)44)11-14-1-7-18(37)8-2-14/h1-8,13,19-20,30,37H,9-12H2,(H,33,40)(H,34,41)(H,38,39)(H,43,44)(H3,29,31,35,36,42)/t19-,20-/m0/s1. The molecule has 9 N–H and O–H groups in total. The van der Waals surface area contributed by atoms with Gasteiger partial charge in [-0.25, -0.2) is 14.8 Å². The predicted molar refractivity (Wildman–Crippen MR) is 156 cm³/mol. The number of benzene rings is 2. The van der Waals surface area contributed by atoms with Crippen LogP contribution < -0.4 is 27.2 Å². The van der Waals surface area contributed by atoms with Crippen molar-refractivity contribution in [3.63, 3.8) is 0 Å². The number of aromatic amines is 1. The quantitative estimate of drug-likeness (QED) is 0.103. The van der Waals surface area contributed by atoms with Crippen LogP contribution in [0.3, 0.4) is 0 Å². The lowest BCUT2D eigenvalue weighted by molar-refractivity contribution is -0.142. The summed E-state index contributed by atoms with van der Waals surface area (Å²) in [7, 11) is 0. The maximum absolute atomic E-state index is 13.0. The molecule has 2 amide bonds. The second-order valence-corrected chi connectivity index (χ2v) is 9.64. The first kappa shape index (κ1) is 30.9. The molecule has 2 heterocycles.